The molecule has 0 aliphatic carbocycles. The summed E-state index contributed by atoms with van der Waals surface area (Å²) in [6.45, 7) is 3.62. The summed E-state index contributed by atoms with van der Waals surface area (Å²) in [5, 5.41) is 2.55. The number of nitrogens with zero attached hydrogens (tertiary/aromatic N) is 1. The first-order valence-electron chi connectivity index (χ1n) is 8.97. The average Bonchev–Trinajstić information content (AvgIpc) is 3.06. The maximum Gasteiger partial charge on any atom is 0.312 e. The lowest BCUT2D eigenvalue weighted by Crippen LogP contribution is -2.33. The summed E-state index contributed by atoms with van der Waals surface area (Å²) in [6.07, 6.45) is -1.000. The summed E-state index contributed by atoms with van der Waals surface area (Å²) in [4.78, 5) is 38.4. The fourth-order valence-electron chi connectivity index (χ4n) is 2.94. The van der Waals surface area contributed by atoms with E-state index in [0.29, 0.717) is 5.69 Å². The van der Waals surface area contributed by atoms with Gasteiger partial charge in [0.15, 0.2) is 6.10 Å². The Morgan fingerprint density at radius 1 is 1.14 bits per heavy atom. The van der Waals surface area contributed by atoms with Crippen molar-refractivity contribution in [3.05, 3.63) is 59.9 Å². The van der Waals surface area contributed by atoms with Gasteiger partial charge in [0.25, 0.3) is 5.91 Å². The Kier molecular flexibility index (Phi) is 5.73. The van der Waals surface area contributed by atoms with Crippen LogP contribution in [0.1, 0.15) is 18.9 Å². The van der Waals surface area contributed by atoms with Crippen molar-refractivity contribution in [2.24, 2.45) is 5.92 Å². The Morgan fingerprint density at radius 2 is 1.79 bits per heavy atom. The molecule has 1 aliphatic heterocycles. The summed E-state index contributed by atoms with van der Waals surface area (Å²) < 4.78 is 18.2. The third-order valence-corrected chi connectivity index (χ3v) is 4.58. The number of anilines is 2. The summed E-state index contributed by atoms with van der Waals surface area (Å²) in [5.74, 6) is -2.32. The summed E-state index contributed by atoms with van der Waals surface area (Å²) in [5.41, 5.74) is 2.20. The van der Waals surface area contributed by atoms with Gasteiger partial charge >= 0.3 is 5.97 Å². The smallest absolute Gasteiger partial charge is 0.312 e. The lowest BCUT2D eigenvalue weighted by molar-refractivity contribution is -0.157. The van der Waals surface area contributed by atoms with Crippen molar-refractivity contribution in [3.8, 4) is 0 Å². The monoisotopic (exact) mass is 384 g/mol. The summed E-state index contributed by atoms with van der Waals surface area (Å²) in [6, 6.07) is 12.7. The molecule has 0 spiro atoms. The van der Waals surface area contributed by atoms with Crippen LogP contribution >= 0.6 is 0 Å². The number of carbonyl (C=O) groups is 3. The number of esters is 1. The number of hydrogen-bond donors (Lipinski definition) is 1. The summed E-state index contributed by atoms with van der Waals surface area (Å²) in [7, 11) is 0. The second-order valence-electron chi connectivity index (χ2n) is 6.82. The molecule has 2 amide bonds. The zero-order valence-electron chi connectivity index (χ0n) is 15.6. The second-order valence-corrected chi connectivity index (χ2v) is 6.82. The van der Waals surface area contributed by atoms with E-state index in [4.69, 9.17) is 4.74 Å². The fraction of sp³-hybridized carbons (Fsp3) is 0.286. The van der Waals surface area contributed by atoms with Crippen LogP contribution in [0.25, 0.3) is 0 Å². The highest BCUT2D eigenvalue weighted by molar-refractivity contribution is 6.00. The molecule has 0 radical (unpaired) electrons. The van der Waals surface area contributed by atoms with Gasteiger partial charge in [0.1, 0.15) is 5.82 Å². The van der Waals surface area contributed by atoms with E-state index >= 15 is 0 Å². The lowest BCUT2D eigenvalue weighted by Gasteiger charge is -2.18. The molecule has 28 heavy (non-hydrogen) atoms. The molecule has 0 aromatic heterocycles. The van der Waals surface area contributed by atoms with Crippen molar-refractivity contribution in [3.63, 3.8) is 0 Å². The first-order chi connectivity index (χ1) is 13.3. The number of aryl methyl sites for hydroxylation is 1. The molecule has 3 rings (SSSR count). The molecular formula is C21H21FN2O4. The molecule has 0 unspecified atom stereocenters. The Labute approximate surface area is 162 Å². The molecule has 0 saturated carbocycles. The number of carbonyl (C=O) groups excluding carboxylic acids is 3. The van der Waals surface area contributed by atoms with Crippen molar-refractivity contribution < 1.29 is 23.5 Å². The van der Waals surface area contributed by atoms with E-state index in [9.17, 15) is 18.8 Å². The Hall–Kier alpha value is -3.22. The number of ether oxygens (including phenoxy) is 1. The van der Waals surface area contributed by atoms with Crippen LogP contribution in [-0.2, 0) is 19.1 Å². The molecule has 7 heteroatoms. The minimum absolute atomic E-state index is 0.0407. The van der Waals surface area contributed by atoms with Crippen molar-refractivity contribution in [2.45, 2.75) is 26.4 Å². The van der Waals surface area contributed by atoms with Crippen LogP contribution in [0.15, 0.2) is 48.5 Å². The topological polar surface area (TPSA) is 75.7 Å². The predicted octanol–water partition coefficient (Wildman–Crippen LogP) is 3.06. The van der Waals surface area contributed by atoms with E-state index in [1.165, 1.54) is 31.2 Å². The first-order valence-corrected chi connectivity index (χ1v) is 8.97. The number of amides is 2. The predicted molar refractivity (Wildman–Crippen MR) is 102 cm³/mol. The third kappa shape index (κ3) is 4.54. The van der Waals surface area contributed by atoms with Gasteiger partial charge in [0.2, 0.25) is 5.91 Å². The fourth-order valence-corrected chi connectivity index (χ4v) is 2.94. The zero-order chi connectivity index (χ0) is 20.3. The molecule has 1 N–H and O–H groups in total. The maximum absolute atomic E-state index is 12.9. The van der Waals surface area contributed by atoms with Gasteiger partial charge in [-0.3, -0.25) is 14.4 Å². The van der Waals surface area contributed by atoms with Gasteiger partial charge in [-0.1, -0.05) is 17.7 Å². The average molecular weight is 384 g/mol. The van der Waals surface area contributed by atoms with Crippen LogP contribution in [0.5, 0.6) is 0 Å². The maximum atomic E-state index is 12.9. The van der Waals surface area contributed by atoms with Crippen molar-refractivity contribution in [2.75, 3.05) is 16.8 Å². The van der Waals surface area contributed by atoms with E-state index in [-0.39, 0.29) is 18.9 Å². The number of benzene rings is 2. The van der Waals surface area contributed by atoms with E-state index in [1.54, 1.807) is 4.90 Å². The highest BCUT2D eigenvalue weighted by Gasteiger charge is 2.37. The largest absolute Gasteiger partial charge is 0.452 e. The quantitative estimate of drug-likeness (QED) is 0.804. The molecular weight excluding hydrogens is 363 g/mol. The molecule has 1 saturated heterocycles. The van der Waals surface area contributed by atoms with Gasteiger partial charge in [-0.15, -0.1) is 0 Å². The molecule has 1 aliphatic rings. The summed E-state index contributed by atoms with van der Waals surface area (Å²) >= 11 is 0. The van der Waals surface area contributed by atoms with Gasteiger partial charge in [-0.25, -0.2) is 4.39 Å². The van der Waals surface area contributed by atoms with Gasteiger partial charge in [0.05, 0.1) is 5.92 Å². The van der Waals surface area contributed by atoms with Crippen LogP contribution in [0.2, 0.25) is 0 Å². The van der Waals surface area contributed by atoms with Crippen molar-refractivity contribution in [1.82, 2.24) is 0 Å². The van der Waals surface area contributed by atoms with Gasteiger partial charge in [-0.05, 0) is 50.2 Å². The molecule has 1 heterocycles. The van der Waals surface area contributed by atoms with E-state index in [1.807, 2.05) is 31.2 Å². The molecule has 2 aromatic carbocycles. The number of hydrogen-bond acceptors (Lipinski definition) is 4. The van der Waals surface area contributed by atoms with Gasteiger partial charge in [0, 0.05) is 24.3 Å². The number of nitrogens with one attached hydrogen (secondary N) is 1. The molecule has 2 aromatic rings. The second kappa shape index (κ2) is 8.21. The number of halogens is 1. The highest BCUT2D eigenvalue weighted by Crippen LogP contribution is 2.26. The highest BCUT2D eigenvalue weighted by atomic mass is 19.1. The van der Waals surface area contributed by atoms with E-state index < -0.39 is 29.7 Å². The standard InChI is InChI=1S/C21H21FN2O4/c1-13-3-9-18(10-4-13)24-12-15(11-19(24)25)21(27)28-14(2)20(26)23-17-7-5-16(22)6-8-17/h3-10,14-15H,11-12H2,1-2H3,(H,23,26)/t14-,15-/m1/s1. The minimum atomic E-state index is -1.04. The van der Waals surface area contributed by atoms with E-state index in [0.717, 1.165) is 11.3 Å². The van der Waals surface area contributed by atoms with Crippen LogP contribution < -0.4 is 10.2 Å². The molecule has 0 bridgehead atoms. The molecule has 6 nitrogen and oxygen atoms in total. The normalized spacial score (nSPS) is 17.3. The lowest BCUT2D eigenvalue weighted by atomic mass is 10.1. The van der Waals surface area contributed by atoms with Crippen LogP contribution in [0, 0.1) is 18.7 Å². The van der Waals surface area contributed by atoms with Crippen LogP contribution in [0.4, 0.5) is 15.8 Å². The minimum Gasteiger partial charge on any atom is -0.452 e. The molecule has 146 valence electrons. The van der Waals surface area contributed by atoms with Gasteiger partial charge < -0.3 is 15.0 Å². The Bertz CT molecular complexity index is 880. The third-order valence-electron chi connectivity index (χ3n) is 4.58. The van der Waals surface area contributed by atoms with E-state index in [2.05, 4.69) is 5.32 Å². The SMILES string of the molecule is Cc1ccc(N2C[C@H](C(=O)O[C@H](C)C(=O)Nc3ccc(F)cc3)CC2=O)cc1. The Balaban J connectivity index is 1.56. The van der Waals surface area contributed by atoms with Crippen molar-refractivity contribution in [1.29, 1.82) is 0 Å². The van der Waals surface area contributed by atoms with Gasteiger partial charge in [-0.2, -0.15) is 0 Å². The van der Waals surface area contributed by atoms with Crippen LogP contribution in [-0.4, -0.2) is 30.4 Å². The molecule has 2 atom stereocenters. The molecule has 1 fully saturated rings. The van der Waals surface area contributed by atoms with Crippen LogP contribution in [0.3, 0.4) is 0 Å². The van der Waals surface area contributed by atoms with Crippen molar-refractivity contribution >= 4 is 29.2 Å². The number of rotatable bonds is 5. The Morgan fingerprint density at radius 3 is 2.43 bits per heavy atom. The first kappa shape index (κ1) is 19.5. The zero-order valence-corrected chi connectivity index (χ0v) is 15.6.